The molecule has 7 nitrogen and oxygen atoms in total. The summed E-state index contributed by atoms with van der Waals surface area (Å²) in [4.78, 5) is 23.6. The second kappa shape index (κ2) is 9.82. The zero-order valence-corrected chi connectivity index (χ0v) is 19.1. The van der Waals surface area contributed by atoms with E-state index in [2.05, 4.69) is 25.5 Å². The van der Waals surface area contributed by atoms with Crippen LogP contribution >= 0.6 is 0 Å². The van der Waals surface area contributed by atoms with Crippen molar-refractivity contribution in [2.75, 3.05) is 18.4 Å². The zero-order chi connectivity index (χ0) is 24.3. The number of H-pyrrole nitrogens is 1. The summed E-state index contributed by atoms with van der Waals surface area (Å²) in [6.45, 7) is 4.80. The number of piperidine rings is 1. The Morgan fingerprint density at radius 3 is 2.53 bits per heavy atom. The number of aromatic amines is 1. The third-order valence-corrected chi connectivity index (χ3v) is 5.95. The van der Waals surface area contributed by atoms with Crippen LogP contribution in [0.5, 0.6) is 0 Å². The number of alkyl halides is 3. The zero-order valence-electron chi connectivity index (χ0n) is 19.1. The molecule has 1 fully saturated rings. The third-order valence-electron chi connectivity index (χ3n) is 5.95. The van der Waals surface area contributed by atoms with E-state index in [1.165, 1.54) is 12.1 Å². The lowest BCUT2D eigenvalue weighted by atomic mass is 9.94. The van der Waals surface area contributed by atoms with E-state index in [0.29, 0.717) is 30.2 Å². The summed E-state index contributed by atoms with van der Waals surface area (Å²) in [5.41, 5.74) is 3.10. The fraction of sp³-hybridized carbons (Fsp3) is 0.417. The molecule has 34 heavy (non-hydrogen) atoms. The highest BCUT2D eigenvalue weighted by molar-refractivity contribution is 5.78. The lowest BCUT2D eigenvalue weighted by molar-refractivity contribution is -0.137. The van der Waals surface area contributed by atoms with Crippen molar-refractivity contribution in [3.8, 4) is 11.1 Å². The first-order chi connectivity index (χ1) is 16.2. The molecule has 1 saturated heterocycles. The van der Waals surface area contributed by atoms with Crippen LogP contribution in [-0.4, -0.2) is 44.1 Å². The molecule has 2 aromatic heterocycles. The van der Waals surface area contributed by atoms with E-state index in [-0.39, 0.29) is 18.4 Å². The fourth-order valence-electron chi connectivity index (χ4n) is 4.38. The average molecular weight is 473 g/mol. The topological polar surface area (TPSA) is 86.8 Å². The molecule has 4 rings (SSSR count). The summed E-state index contributed by atoms with van der Waals surface area (Å²) >= 11 is 0. The van der Waals surface area contributed by atoms with Gasteiger partial charge in [-0.15, -0.1) is 0 Å². The summed E-state index contributed by atoms with van der Waals surface area (Å²) in [7, 11) is 0. The molecule has 0 radical (unpaired) electrons. The highest BCUT2D eigenvalue weighted by Gasteiger charge is 2.32. The molecule has 2 N–H and O–H groups in total. The predicted molar refractivity (Wildman–Crippen MR) is 122 cm³/mol. The molecule has 1 amide bonds. The number of likely N-dealkylation sites (tertiary alicyclic amines) is 1. The molecule has 0 saturated carbocycles. The number of amides is 1. The number of carbonyl (C=O) groups is 1. The van der Waals surface area contributed by atoms with Gasteiger partial charge in [0.15, 0.2) is 0 Å². The Morgan fingerprint density at radius 2 is 1.85 bits per heavy atom. The molecule has 1 aliphatic rings. The van der Waals surface area contributed by atoms with Gasteiger partial charge in [0.1, 0.15) is 0 Å². The van der Waals surface area contributed by atoms with Crippen molar-refractivity contribution >= 4 is 11.9 Å². The Balaban J connectivity index is 1.47. The van der Waals surface area contributed by atoms with Crippen molar-refractivity contribution in [3.63, 3.8) is 0 Å². The first kappa shape index (κ1) is 23.7. The Bertz CT molecular complexity index is 1120. The molecular weight excluding hydrogens is 445 g/mol. The number of carbonyl (C=O) groups excluding carboxylic acids is 1. The lowest BCUT2D eigenvalue weighted by Crippen LogP contribution is -2.39. The number of nitrogens with zero attached hydrogens (tertiary/aromatic N) is 4. The van der Waals surface area contributed by atoms with Crippen LogP contribution in [-0.2, 0) is 11.0 Å². The van der Waals surface area contributed by atoms with E-state index < -0.39 is 11.7 Å². The number of benzene rings is 1. The molecule has 1 aliphatic heterocycles. The summed E-state index contributed by atoms with van der Waals surface area (Å²) in [5.74, 6) is 0.494. The van der Waals surface area contributed by atoms with Crippen molar-refractivity contribution in [1.82, 2.24) is 25.1 Å². The highest BCUT2D eigenvalue weighted by Crippen LogP contribution is 2.37. The second-order valence-electron chi connectivity index (χ2n) is 8.52. The Morgan fingerprint density at radius 1 is 1.15 bits per heavy atom. The van der Waals surface area contributed by atoms with Crippen LogP contribution in [0.4, 0.5) is 19.1 Å². The largest absolute Gasteiger partial charge is 0.416 e. The van der Waals surface area contributed by atoms with Crippen LogP contribution < -0.4 is 5.32 Å². The molecule has 1 atom stereocenters. The number of halogens is 3. The van der Waals surface area contributed by atoms with Crippen LogP contribution in [0.15, 0.2) is 36.5 Å². The normalized spacial score (nSPS) is 16.5. The molecular formula is C24H27F3N6O. The van der Waals surface area contributed by atoms with Crippen LogP contribution in [0.2, 0.25) is 0 Å². The molecule has 3 heterocycles. The van der Waals surface area contributed by atoms with Crippen molar-refractivity contribution in [2.24, 2.45) is 0 Å². The number of hydrogen-bond donors (Lipinski definition) is 2. The summed E-state index contributed by atoms with van der Waals surface area (Å²) < 4.78 is 38.8. The SMILES string of the molecule is Cc1cc(C)nc(NCCC(=O)N2CCCC[C@@H]2c2[nH]ncc2-c2ccc(C(F)(F)F)cc2)n1. The molecule has 0 bridgehead atoms. The van der Waals surface area contributed by atoms with Gasteiger partial charge < -0.3 is 10.2 Å². The van der Waals surface area contributed by atoms with Gasteiger partial charge in [0.25, 0.3) is 0 Å². The molecule has 0 aliphatic carbocycles. The monoisotopic (exact) mass is 472 g/mol. The Labute approximate surface area is 195 Å². The van der Waals surface area contributed by atoms with E-state index in [1.807, 2.05) is 24.8 Å². The molecule has 0 unspecified atom stereocenters. The van der Waals surface area contributed by atoms with Gasteiger partial charge >= 0.3 is 6.18 Å². The fourth-order valence-corrected chi connectivity index (χ4v) is 4.38. The maximum atomic E-state index is 13.1. The van der Waals surface area contributed by atoms with Crippen LogP contribution in [0.1, 0.15) is 54.4 Å². The predicted octanol–water partition coefficient (Wildman–Crippen LogP) is 5.06. The number of nitrogens with one attached hydrogen (secondary N) is 2. The van der Waals surface area contributed by atoms with Crippen molar-refractivity contribution < 1.29 is 18.0 Å². The number of aromatic nitrogens is 4. The van der Waals surface area contributed by atoms with Crippen LogP contribution in [0, 0.1) is 13.8 Å². The van der Waals surface area contributed by atoms with Crippen LogP contribution in [0.3, 0.4) is 0 Å². The van der Waals surface area contributed by atoms with E-state index in [0.717, 1.165) is 48.5 Å². The van der Waals surface area contributed by atoms with Gasteiger partial charge in [0.05, 0.1) is 23.5 Å². The number of anilines is 1. The Hall–Kier alpha value is -3.43. The minimum Gasteiger partial charge on any atom is -0.354 e. The average Bonchev–Trinajstić information content (AvgIpc) is 3.28. The van der Waals surface area contributed by atoms with Crippen molar-refractivity contribution in [3.05, 3.63) is 59.2 Å². The summed E-state index contributed by atoms with van der Waals surface area (Å²) in [5, 5.41) is 10.3. The van der Waals surface area contributed by atoms with Gasteiger partial charge in [-0.1, -0.05) is 12.1 Å². The van der Waals surface area contributed by atoms with Gasteiger partial charge in [0.2, 0.25) is 11.9 Å². The van der Waals surface area contributed by atoms with Gasteiger partial charge in [-0.05, 0) is 56.9 Å². The first-order valence-electron chi connectivity index (χ1n) is 11.3. The quantitative estimate of drug-likeness (QED) is 0.524. The van der Waals surface area contributed by atoms with Gasteiger partial charge in [0, 0.05) is 36.5 Å². The molecule has 180 valence electrons. The number of aryl methyl sites for hydroxylation is 2. The molecule has 1 aromatic carbocycles. The van der Waals surface area contributed by atoms with E-state index >= 15 is 0 Å². The van der Waals surface area contributed by atoms with Gasteiger partial charge in [-0.3, -0.25) is 9.89 Å². The minimum absolute atomic E-state index is 0.00505. The first-order valence-corrected chi connectivity index (χ1v) is 11.3. The van der Waals surface area contributed by atoms with Crippen molar-refractivity contribution in [1.29, 1.82) is 0 Å². The second-order valence-corrected chi connectivity index (χ2v) is 8.52. The van der Waals surface area contributed by atoms with E-state index in [4.69, 9.17) is 0 Å². The maximum Gasteiger partial charge on any atom is 0.416 e. The molecule has 10 heteroatoms. The third kappa shape index (κ3) is 5.37. The minimum atomic E-state index is -4.39. The summed E-state index contributed by atoms with van der Waals surface area (Å²) in [6, 6.07) is 6.69. The number of rotatable bonds is 6. The highest BCUT2D eigenvalue weighted by atomic mass is 19.4. The Kier molecular flexibility index (Phi) is 6.85. The maximum absolute atomic E-state index is 13.1. The van der Waals surface area contributed by atoms with Crippen LogP contribution in [0.25, 0.3) is 11.1 Å². The standard InChI is InChI=1S/C24H27F3N6O/c1-15-13-16(2)31-23(30-15)28-11-10-21(34)33-12-4-3-5-20(33)22-19(14-29-32-22)17-6-8-18(9-7-17)24(25,26)27/h6-9,13-14,20H,3-5,10-12H2,1-2H3,(H,29,32)(H,28,30,31)/t20-/m1/s1. The van der Waals surface area contributed by atoms with Gasteiger partial charge in [-0.2, -0.15) is 18.3 Å². The van der Waals surface area contributed by atoms with E-state index in [9.17, 15) is 18.0 Å². The lowest BCUT2D eigenvalue weighted by Gasteiger charge is -2.36. The smallest absolute Gasteiger partial charge is 0.354 e. The van der Waals surface area contributed by atoms with Gasteiger partial charge in [-0.25, -0.2) is 9.97 Å². The van der Waals surface area contributed by atoms with Crippen molar-refractivity contribution in [2.45, 2.75) is 51.7 Å². The van der Waals surface area contributed by atoms with E-state index in [1.54, 1.807) is 6.20 Å². The molecule has 0 spiro atoms. The number of hydrogen-bond acceptors (Lipinski definition) is 5. The summed E-state index contributed by atoms with van der Waals surface area (Å²) in [6.07, 6.45) is 0.106. The molecule has 3 aromatic rings.